The summed E-state index contributed by atoms with van der Waals surface area (Å²) in [6.07, 6.45) is 2.17. The Kier molecular flexibility index (Phi) is 6.59. The lowest BCUT2D eigenvalue weighted by atomic mass is 10.0. The van der Waals surface area contributed by atoms with E-state index < -0.39 is 11.2 Å². The van der Waals surface area contributed by atoms with Crippen molar-refractivity contribution in [3.8, 4) is 5.75 Å². The minimum atomic E-state index is -0.535. The van der Waals surface area contributed by atoms with Gasteiger partial charge in [-0.15, -0.1) is 0 Å². The third-order valence-corrected chi connectivity index (χ3v) is 5.97. The first-order valence-electron chi connectivity index (χ1n) is 10.9. The highest BCUT2D eigenvalue weighted by Gasteiger charge is 2.21. The molecule has 1 fully saturated rings. The molecule has 0 unspecified atom stereocenters. The number of aromatic amines is 2. The third kappa shape index (κ3) is 5.14. The maximum absolute atomic E-state index is 13.9. The Balaban J connectivity index is 1.25. The van der Waals surface area contributed by atoms with Crippen LogP contribution in [0.4, 0.5) is 4.39 Å². The molecule has 0 bridgehead atoms. The van der Waals surface area contributed by atoms with Gasteiger partial charge in [0.25, 0.3) is 5.56 Å². The molecule has 3 heterocycles. The Morgan fingerprint density at radius 3 is 2.73 bits per heavy atom. The second-order valence-electron chi connectivity index (χ2n) is 8.29. The van der Waals surface area contributed by atoms with Gasteiger partial charge >= 0.3 is 5.69 Å². The van der Waals surface area contributed by atoms with Gasteiger partial charge in [0.2, 0.25) is 5.91 Å². The van der Waals surface area contributed by atoms with Crippen LogP contribution in [-0.4, -0.2) is 56.6 Å². The molecule has 1 aliphatic heterocycles. The molecule has 2 aromatic heterocycles. The van der Waals surface area contributed by atoms with E-state index in [1.807, 2.05) is 6.07 Å². The molecule has 0 saturated carbocycles. The first-order valence-corrected chi connectivity index (χ1v) is 10.9. The SMILES string of the molecule is COc1ccc(CN2CCC(NC(=O)CCc3nc4c([nH]3)c(=O)[nH]c(=O)n4C)CC2)cc1F. The van der Waals surface area contributed by atoms with E-state index in [0.717, 1.165) is 31.5 Å². The topological polar surface area (TPSA) is 125 Å². The summed E-state index contributed by atoms with van der Waals surface area (Å²) in [7, 11) is 2.97. The molecule has 0 atom stereocenters. The lowest BCUT2D eigenvalue weighted by Gasteiger charge is -2.32. The molecular weight excluding hydrogens is 431 g/mol. The van der Waals surface area contributed by atoms with Gasteiger partial charge in [0.15, 0.2) is 17.2 Å². The Morgan fingerprint density at radius 2 is 2.03 bits per heavy atom. The van der Waals surface area contributed by atoms with Gasteiger partial charge in [-0.3, -0.25) is 24.0 Å². The number of carbonyl (C=O) groups excluding carboxylic acids is 1. The first kappa shape index (κ1) is 22.7. The zero-order chi connectivity index (χ0) is 23.5. The number of imidazole rings is 1. The van der Waals surface area contributed by atoms with Crippen molar-refractivity contribution in [3.63, 3.8) is 0 Å². The number of rotatable bonds is 7. The summed E-state index contributed by atoms with van der Waals surface area (Å²) in [6.45, 7) is 2.26. The molecular formula is C22H27FN6O4. The van der Waals surface area contributed by atoms with Crippen LogP contribution < -0.4 is 21.3 Å². The fourth-order valence-electron chi connectivity index (χ4n) is 4.10. The van der Waals surface area contributed by atoms with Crippen molar-refractivity contribution in [1.29, 1.82) is 0 Å². The van der Waals surface area contributed by atoms with Crippen LogP contribution in [0.3, 0.4) is 0 Å². The van der Waals surface area contributed by atoms with Crippen molar-refractivity contribution in [2.75, 3.05) is 20.2 Å². The van der Waals surface area contributed by atoms with E-state index in [4.69, 9.17) is 4.74 Å². The summed E-state index contributed by atoms with van der Waals surface area (Å²) in [5.41, 5.74) is 0.310. The van der Waals surface area contributed by atoms with Crippen molar-refractivity contribution in [2.45, 2.75) is 38.3 Å². The number of methoxy groups -OCH3 is 1. The van der Waals surface area contributed by atoms with Crippen LogP contribution in [0.25, 0.3) is 11.2 Å². The smallest absolute Gasteiger partial charge is 0.329 e. The number of amides is 1. The van der Waals surface area contributed by atoms with E-state index in [1.54, 1.807) is 6.07 Å². The van der Waals surface area contributed by atoms with Crippen molar-refractivity contribution in [1.82, 2.24) is 29.7 Å². The van der Waals surface area contributed by atoms with Crippen molar-refractivity contribution < 1.29 is 13.9 Å². The highest BCUT2D eigenvalue weighted by molar-refractivity contribution is 5.76. The van der Waals surface area contributed by atoms with E-state index in [0.29, 0.717) is 18.8 Å². The standard InChI is InChI=1S/C22H27FN6O4/c1-28-20-19(21(31)27-22(28)32)25-17(26-20)5-6-18(30)24-14-7-9-29(10-8-14)12-13-3-4-16(33-2)15(23)11-13/h3-4,11,14H,5-10,12H2,1-2H3,(H,24,30)(H,25,26)(H,27,31,32). The van der Waals surface area contributed by atoms with E-state index in [-0.39, 0.29) is 41.1 Å². The number of carbonyl (C=O) groups is 1. The van der Waals surface area contributed by atoms with Gasteiger partial charge < -0.3 is 15.0 Å². The van der Waals surface area contributed by atoms with Crippen LogP contribution in [-0.2, 0) is 24.8 Å². The number of likely N-dealkylation sites (tertiary alicyclic amines) is 1. The summed E-state index contributed by atoms with van der Waals surface area (Å²) >= 11 is 0. The molecule has 0 aliphatic carbocycles. The number of piperidine rings is 1. The number of hydrogen-bond acceptors (Lipinski definition) is 6. The van der Waals surface area contributed by atoms with E-state index in [2.05, 4.69) is 25.2 Å². The number of hydrogen-bond donors (Lipinski definition) is 3. The van der Waals surface area contributed by atoms with Crippen molar-refractivity contribution in [3.05, 3.63) is 56.2 Å². The summed E-state index contributed by atoms with van der Waals surface area (Å²) in [4.78, 5) is 47.6. The molecule has 0 spiro atoms. The maximum Gasteiger partial charge on any atom is 0.329 e. The highest BCUT2D eigenvalue weighted by Crippen LogP contribution is 2.20. The summed E-state index contributed by atoms with van der Waals surface area (Å²) in [5.74, 6) is 0.259. The first-order chi connectivity index (χ1) is 15.8. The van der Waals surface area contributed by atoms with Crippen LogP contribution in [0.5, 0.6) is 5.75 Å². The van der Waals surface area contributed by atoms with Crippen molar-refractivity contribution in [2.24, 2.45) is 7.05 Å². The predicted molar refractivity (Wildman–Crippen MR) is 120 cm³/mol. The molecule has 1 amide bonds. The molecule has 4 rings (SSSR count). The summed E-state index contributed by atoms with van der Waals surface area (Å²) in [6, 6.07) is 5.08. The van der Waals surface area contributed by atoms with Crippen LogP contribution in [0.15, 0.2) is 27.8 Å². The van der Waals surface area contributed by atoms with Gasteiger partial charge in [-0.1, -0.05) is 6.07 Å². The number of aryl methyl sites for hydroxylation is 2. The Hall–Kier alpha value is -3.47. The number of H-pyrrole nitrogens is 2. The summed E-state index contributed by atoms with van der Waals surface area (Å²) in [5, 5.41) is 3.06. The monoisotopic (exact) mass is 458 g/mol. The normalized spacial score (nSPS) is 15.1. The Labute approximate surface area is 188 Å². The van der Waals surface area contributed by atoms with Gasteiger partial charge in [0.1, 0.15) is 11.3 Å². The van der Waals surface area contributed by atoms with Crippen LogP contribution in [0.2, 0.25) is 0 Å². The third-order valence-electron chi connectivity index (χ3n) is 5.97. The number of benzene rings is 1. The second-order valence-corrected chi connectivity index (χ2v) is 8.29. The zero-order valence-corrected chi connectivity index (χ0v) is 18.6. The van der Waals surface area contributed by atoms with Crippen molar-refractivity contribution >= 4 is 17.1 Å². The fourth-order valence-corrected chi connectivity index (χ4v) is 4.10. The lowest BCUT2D eigenvalue weighted by molar-refractivity contribution is -0.122. The molecule has 176 valence electrons. The molecule has 0 radical (unpaired) electrons. The largest absolute Gasteiger partial charge is 0.494 e. The Bertz CT molecular complexity index is 1270. The van der Waals surface area contributed by atoms with Crippen LogP contribution in [0, 0.1) is 5.82 Å². The molecule has 10 nitrogen and oxygen atoms in total. The molecule has 3 N–H and O–H groups in total. The highest BCUT2D eigenvalue weighted by atomic mass is 19.1. The fraction of sp³-hybridized carbons (Fsp3) is 0.455. The van der Waals surface area contributed by atoms with Crippen LogP contribution >= 0.6 is 0 Å². The average Bonchev–Trinajstić information content (AvgIpc) is 3.23. The zero-order valence-electron chi connectivity index (χ0n) is 18.6. The molecule has 3 aromatic rings. The number of fused-ring (bicyclic) bond motifs is 1. The minimum Gasteiger partial charge on any atom is -0.494 e. The van der Waals surface area contributed by atoms with Gasteiger partial charge in [0, 0.05) is 45.6 Å². The molecule has 1 aliphatic rings. The van der Waals surface area contributed by atoms with E-state index in [1.165, 1.54) is 24.8 Å². The predicted octanol–water partition coefficient (Wildman–Crippen LogP) is 0.811. The number of nitrogens with zero attached hydrogens (tertiary/aromatic N) is 3. The maximum atomic E-state index is 13.9. The Morgan fingerprint density at radius 1 is 1.27 bits per heavy atom. The molecule has 33 heavy (non-hydrogen) atoms. The van der Waals surface area contributed by atoms with Crippen LogP contribution in [0.1, 0.15) is 30.7 Å². The van der Waals surface area contributed by atoms with E-state index >= 15 is 0 Å². The average molecular weight is 458 g/mol. The van der Waals surface area contributed by atoms with E-state index in [9.17, 15) is 18.8 Å². The van der Waals surface area contributed by atoms with Gasteiger partial charge in [-0.05, 0) is 30.5 Å². The minimum absolute atomic E-state index is 0.0840. The molecule has 1 saturated heterocycles. The molecule has 11 heteroatoms. The quantitative estimate of drug-likeness (QED) is 0.481. The molecule has 1 aromatic carbocycles. The number of nitrogens with one attached hydrogen (secondary N) is 3. The number of ether oxygens (including phenoxy) is 1. The number of aromatic nitrogens is 4. The summed E-state index contributed by atoms with van der Waals surface area (Å²) < 4.78 is 20.1. The number of halogens is 1. The van der Waals surface area contributed by atoms with Gasteiger partial charge in [-0.2, -0.15) is 0 Å². The second kappa shape index (κ2) is 9.57. The van der Waals surface area contributed by atoms with Gasteiger partial charge in [0.05, 0.1) is 7.11 Å². The van der Waals surface area contributed by atoms with Gasteiger partial charge in [-0.25, -0.2) is 14.2 Å². The lowest BCUT2D eigenvalue weighted by Crippen LogP contribution is -2.44.